The zero-order valence-corrected chi connectivity index (χ0v) is 12.0. The van der Waals surface area contributed by atoms with Gasteiger partial charge in [-0.05, 0) is 43.4 Å². The molecule has 0 radical (unpaired) electrons. The van der Waals surface area contributed by atoms with E-state index in [1.807, 2.05) is 0 Å². The Kier molecular flexibility index (Phi) is 3.68. The van der Waals surface area contributed by atoms with Crippen molar-refractivity contribution in [2.45, 2.75) is 63.8 Å². The third kappa shape index (κ3) is 1.92. The van der Waals surface area contributed by atoms with E-state index in [0.717, 1.165) is 24.3 Å². The highest BCUT2D eigenvalue weighted by Crippen LogP contribution is 2.46. The normalized spacial score (nSPS) is 45.3. The maximum Gasteiger partial charge on any atom is 0.0359 e. The zero-order valence-electron chi connectivity index (χ0n) is 12.0. The average Bonchev–Trinajstić information content (AvgIpc) is 2.99. The first-order chi connectivity index (χ1) is 8.80. The van der Waals surface area contributed by atoms with Crippen LogP contribution >= 0.6 is 0 Å². The minimum absolute atomic E-state index is 0.372. The van der Waals surface area contributed by atoms with Crippen molar-refractivity contribution in [1.82, 2.24) is 4.90 Å². The standard InChI is InChI=1S/C16H30N2/c1-2-15-8-3-4-9-16(15,12-17)18-10-13-6-5-7-14(13)11-18/h13-15H,2-12,17H2,1H3. The molecule has 0 amide bonds. The van der Waals surface area contributed by atoms with Crippen LogP contribution in [0.3, 0.4) is 0 Å². The van der Waals surface area contributed by atoms with Crippen molar-refractivity contribution in [2.24, 2.45) is 23.5 Å². The second-order valence-electron chi connectivity index (χ2n) is 7.01. The van der Waals surface area contributed by atoms with Gasteiger partial charge < -0.3 is 5.73 Å². The number of nitrogens with two attached hydrogens (primary N) is 1. The van der Waals surface area contributed by atoms with Crippen LogP contribution < -0.4 is 5.73 Å². The molecule has 0 aromatic rings. The second kappa shape index (κ2) is 5.13. The number of likely N-dealkylation sites (tertiary alicyclic amines) is 1. The summed E-state index contributed by atoms with van der Waals surface area (Å²) in [5.74, 6) is 2.87. The van der Waals surface area contributed by atoms with Gasteiger partial charge in [0.25, 0.3) is 0 Å². The van der Waals surface area contributed by atoms with E-state index >= 15 is 0 Å². The molecule has 3 aliphatic rings. The fourth-order valence-electron chi connectivity index (χ4n) is 5.29. The topological polar surface area (TPSA) is 29.3 Å². The summed E-state index contributed by atoms with van der Waals surface area (Å²) < 4.78 is 0. The minimum atomic E-state index is 0.372. The lowest BCUT2D eigenvalue weighted by Gasteiger charge is -2.50. The summed E-state index contributed by atoms with van der Waals surface area (Å²) in [7, 11) is 0. The van der Waals surface area contributed by atoms with Crippen molar-refractivity contribution in [3.63, 3.8) is 0 Å². The molecule has 3 rings (SSSR count). The first-order valence-electron chi connectivity index (χ1n) is 8.25. The summed E-state index contributed by atoms with van der Waals surface area (Å²) in [6.45, 7) is 5.99. The minimum Gasteiger partial charge on any atom is -0.329 e. The van der Waals surface area contributed by atoms with Crippen molar-refractivity contribution < 1.29 is 0 Å². The van der Waals surface area contributed by atoms with Crippen molar-refractivity contribution in [3.05, 3.63) is 0 Å². The molecule has 1 heterocycles. The van der Waals surface area contributed by atoms with Crippen molar-refractivity contribution in [2.75, 3.05) is 19.6 Å². The smallest absolute Gasteiger partial charge is 0.0359 e. The van der Waals surface area contributed by atoms with Gasteiger partial charge in [-0.25, -0.2) is 0 Å². The maximum atomic E-state index is 6.29. The lowest BCUT2D eigenvalue weighted by atomic mass is 9.70. The third-order valence-electron chi connectivity index (χ3n) is 6.37. The van der Waals surface area contributed by atoms with E-state index in [0.29, 0.717) is 5.54 Å². The maximum absolute atomic E-state index is 6.29. The van der Waals surface area contributed by atoms with Gasteiger partial charge in [-0.15, -0.1) is 0 Å². The lowest BCUT2D eigenvalue weighted by molar-refractivity contribution is 0.0157. The molecule has 2 heteroatoms. The number of fused-ring (bicyclic) bond motifs is 1. The highest BCUT2D eigenvalue weighted by Gasteiger charge is 2.48. The molecule has 0 spiro atoms. The molecule has 2 saturated carbocycles. The van der Waals surface area contributed by atoms with E-state index in [4.69, 9.17) is 5.73 Å². The molecule has 1 saturated heterocycles. The van der Waals surface area contributed by atoms with Gasteiger partial charge in [0.15, 0.2) is 0 Å². The van der Waals surface area contributed by atoms with Crippen molar-refractivity contribution in [1.29, 1.82) is 0 Å². The van der Waals surface area contributed by atoms with Crippen LogP contribution in [0, 0.1) is 17.8 Å². The third-order valence-corrected chi connectivity index (χ3v) is 6.37. The molecule has 18 heavy (non-hydrogen) atoms. The highest BCUT2D eigenvalue weighted by atomic mass is 15.2. The van der Waals surface area contributed by atoms with Gasteiger partial charge in [-0.3, -0.25) is 4.90 Å². The molecule has 0 aromatic heterocycles. The van der Waals surface area contributed by atoms with E-state index in [1.54, 1.807) is 0 Å². The number of hydrogen-bond acceptors (Lipinski definition) is 2. The summed E-state index contributed by atoms with van der Waals surface area (Å²) in [5, 5.41) is 0. The van der Waals surface area contributed by atoms with Gasteiger partial charge in [0.05, 0.1) is 0 Å². The Morgan fingerprint density at radius 3 is 2.39 bits per heavy atom. The molecule has 2 aliphatic carbocycles. The molecule has 0 bridgehead atoms. The molecule has 2 N–H and O–H groups in total. The predicted octanol–water partition coefficient (Wildman–Crippen LogP) is 3.02. The van der Waals surface area contributed by atoms with Crippen molar-refractivity contribution >= 4 is 0 Å². The number of hydrogen-bond donors (Lipinski definition) is 1. The number of nitrogens with zero attached hydrogens (tertiary/aromatic N) is 1. The van der Waals surface area contributed by atoms with Crippen LogP contribution in [0.5, 0.6) is 0 Å². The molecule has 4 unspecified atom stereocenters. The van der Waals surface area contributed by atoms with Gasteiger partial charge >= 0.3 is 0 Å². The van der Waals surface area contributed by atoms with Crippen molar-refractivity contribution in [3.8, 4) is 0 Å². The zero-order chi connectivity index (χ0) is 12.6. The average molecular weight is 250 g/mol. The Hall–Kier alpha value is -0.0800. The quantitative estimate of drug-likeness (QED) is 0.834. The Labute approximate surface area is 112 Å². The van der Waals surface area contributed by atoms with Gasteiger partial charge in [0.1, 0.15) is 0 Å². The Bertz CT molecular complexity index is 279. The van der Waals surface area contributed by atoms with Crippen LogP contribution in [0.25, 0.3) is 0 Å². The fraction of sp³-hybridized carbons (Fsp3) is 1.00. The van der Waals surface area contributed by atoms with Crippen LogP contribution in [0.2, 0.25) is 0 Å². The van der Waals surface area contributed by atoms with E-state index in [1.165, 1.54) is 64.5 Å². The molecule has 1 aliphatic heterocycles. The molecule has 2 nitrogen and oxygen atoms in total. The SMILES string of the molecule is CCC1CCCCC1(CN)N1CC2CCCC2C1. The van der Waals surface area contributed by atoms with Gasteiger partial charge in [0.2, 0.25) is 0 Å². The van der Waals surface area contributed by atoms with Gasteiger partial charge in [-0.2, -0.15) is 0 Å². The largest absolute Gasteiger partial charge is 0.329 e. The Morgan fingerprint density at radius 2 is 1.78 bits per heavy atom. The van der Waals surface area contributed by atoms with Crippen LogP contribution in [0.15, 0.2) is 0 Å². The summed E-state index contributed by atoms with van der Waals surface area (Å²) in [6.07, 6.45) is 11.4. The monoisotopic (exact) mass is 250 g/mol. The Balaban J connectivity index is 1.78. The van der Waals surface area contributed by atoms with Crippen LogP contribution in [0.1, 0.15) is 58.3 Å². The second-order valence-corrected chi connectivity index (χ2v) is 7.01. The van der Waals surface area contributed by atoms with Crippen LogP contribution in [-0.2, 0) is 0 Å². The summed E-state index contributed by atoms with van der Waals surface area (Å²) in [6, 6.07) is 0. The molecule has 0 aromatic carbocycles. The first kappa shape index (κ1) is 12.9. The van der Waals surface area contributed by atoms with Crippen LogP contribution in [0.4, 0.5) is 0 Å². The summed E-state index contributed by atoms with van der Waals surface area (Å²) in [4.78, 5) is 2.84. The molecule has 104 valence electrons. The molecular formula is C16H30N2. The molecule has 3 fully saturated rings. The Morgan fingerprint density at radius 1 is 1.06 bits per heavy atom. The van der Waals surface area contributed by atoms with Gasteiger partial charge in [0, 0.05) is 25.2 Å². The van der Waals surface area contributed by atoms with E-state index < -0.39 is 0 Å². The van der Waals surface area contributed by atoms with E-state index in [2.05, 4.69) is 11.8 Å². The summed E-state index contributed by atoms with van der Waals surface area (Å²) in [5.41, 5.74) is 6.67. The van der Waals surface area contributed by atoms with Crippen LogP contribution in [-0.4, -0.2) is 30.1 Å². The first-order valence-corrected chi connectivity index (χ1v) is 8.25. The fourth-order valence-corrected chi connectivity index (χ4v) is 5.29. The van der Waals surface area contributed by atoms with Gasteiger partial charge in [-0.1, -0.05) is 32.6 Å². The lowest BCUT2D eigenvalue weighted by Crippen LogP contribution is -2.59. The van der Waals surface area contributed by atoms with E-state index in [-0.39, 0.29) is 0 Å². The molecule has 4 atom stereocenters. The molecular weight excluding hydrogens is 220 g/mol. The predicted molar refractivity (Wildman–Crippen MR) is 76.4 cm³/mol. The van der Waals surface area contributed by atoms with E-state index in [9.17, 15) is 0 Å². The summed E-state index contributed by atoms with van der Waals surface area (Å²) >= 11 is 0. The highest BCUT2D eigenvalue weighted by molar-refractivity contribution is 5.04. The number of rotatable bonds is 3.